The number of aromatic nitrogens is 2. The predicted molar refractivity (Wildman–Crippen MR) is 142 cm³/mol. The maximum absolute atomic E-state index is 13.2. The average molecular weight is 510 g/mol. The summed E-state index contributed by atoms with van der Waals surface area (Å²) in [5.74, 6) is 0.376. The van der Waals surface area contributed by atoms with Crippen molar-refractivity contribution in [2.45, 2.75) is 38.4 Å². The van der Waals surface area contributed by atoms with E-state index in [1.165, 1.54) is 0 Å². The molecular formula is C30H27N3O5. The first kappa shape index (κ1) is 24.0. The quantitative estimate of drug-likeness (QED) is 0.270. The van der Waals surface area contributed by atoms with Crippen LogP contribution in [0.5, 0.6) is 0 Å². The van der Waals surface area contributed by atoms with Gasteiger partial charge in [0.1, 0.15) is 11.4 Å². The summed E-state index contributed by atoms with van der Waals surface area (Å²) in [5, 5.41) is 13.2. The number of nitrogens with one attached hydrogen (secondary N) is 2. The van der Waals surface area contributed by atoms with E-state index < -0.39 is 6.29 Å². The van der Waals surface area contributed by atoms with Crippen LogP contribution in [0.25, 0.3) is 22.0 Å². The molecule has 1 aliphatic rings. The van der Waals surface area contributed by atoms with Crippen molar-refractivity contribution >= 4 is 27.9 Å². The first-order valence-electron chi connectivity index (χ1n) is 12.5. The van der Waals surface area contributed by atoms with E-state index in [1.54, 1.807) is 6.26 Å². The van der Waals surface area contributed by atoms with E-state index in [4.69, 9.17) is 13.9 Å². The maximum atomic E-state index is 13.2. The van der Waals surface area contributed by atoms with E-state index in [0.717, 1.165) is 38.7 Å². The molecule has 0 spiro atoms. The van der Waals surface area contributed by atoms with Gasteiger partial charge in [-0.25, -0.2) is 4.98 Å². The third-order valence-corrected chi connectivity index (χ3v) is 6.69. The minimum Gasteiger partial charge on any atom is -0.464 e. The highest BCUT2D eigenvalue weighted by atomic mass is 16.7. The van der Waals surface area contributed by atoms with Crippen LogP contribution in [0.4, 0.5) is 0 Å². The number of aliphatic hydroxyl groups is 1. The molecule has 0 radical (unpaired) electrons. The molecule has 0 aliphatic carbocycles. The van der Waals surface area contributed by atoms with E-state index >= 15 is 0 Å². The zero-order valence-electron chi connectivity index (χ0n) is 20.6. The minimum absolute atomic E-state index is 0.00942. The van der Waals surface area contributed by atoms with E-state index in [1.807, 2.05) is 78.9 Å². The Bertz CT molecular complexity index is 1570. The lowest BCUT2D eigenvalue weighted by Gasteiger charge is -2.29. The molecule has 0 bridgehead atoms. The fourth-order valence-corrected chi connectivity index (χ4v) is 4.69. The number of aromatic amines is 1. The summed E-state index contributed by atoms with van der Waals surface area (Å²) in [6, 6.07) is 23.1. The molecule has 1 amide bonds. The lowest BCUT2D eigenvalue weighted by molar-refractivity contribution is -0.150. The summed E-state index contributed by atoms with van der Waals surface area (Å²) in [4.78, 5) is 21.0. The third kappa shape index (κ3) is 5.04. The molecule has 2 atom stereocenters. The number of nitrogens with zero attached hydrogens (tertiary/aromatic N) is 1. The zero-order chi connectivity index (χ0) is 25.9. The number of imidazole rings is 1. The number of allylic oxidation sites excluding steroid dienone is 1. The molecule has 3 N–H and O–H groups in total. The van der Waals surface area contributed by atoms with Gasteiger partial charge in [0.2, 0.25) is 6.29 Å². The van der Waals surface area contributed by atoms with Gasteiger partial charge >= 0.3 is 0 Å². The number of amides is 1. The Kier molecular flexibility index (Phi) is 6.64. The summed E-state index contributed by atoms with van der Waals surface area (Å²) >= 11 is 0. The van der Waals surface area contributed by atoms with Gasteiger partial charge in [0.05, 0.1) is 37.1 Å². The monoisotopic (exact) mass is 509 g/mol. The van der Waals surface area contributed by atoms with Gasteiger partial charge in [-0.2, -0.15) is 0 Å². The van der Waals surface area contributed by atoms with Crippen LogP contribution in [-0.2, 0) is 34.0 Å². The van der Waals surface area contributed by atoms with Gasteiger partial charge in [-0.15, -0.1) is 0 Å². The van der Waals surface area contributed by atoms with Crippen LogP contribution >= 0.6 is 0 Å². The van der Waals surface area contributed by atoms with Crippen LogP contribution in [0.3, 0.4) is 0 Å². The number of carbonyl (C=O) groups is 1. The molecule has 0 fully saturated rings. The minimum atomic E-state index is -0.636. The maximum Gasteiger partial charge on any atom is 0.286 e. The molecule has 0 saturated heterocycles. The zero-order valence-corrected chi connectivity index (χ0v) is 20.6. The van der Waals surface area contributed by atoms with Gasteiger partial charge < -0.3 is 29.3 Å². The molecule has 38 heavy (non-hydrogen) atoms. The Morgan fingerprint density at radius 1 is 1.05 bits per heavy atom. The summed E-state index contributed by atoms with van der Waals surface area (Å²) in [5.41, 5.74) is 5.31. The second-order valence-electron chi connectivity index (χ2n) is 9.28. The van der Waals surface area contributed by atoms with Gasteiger partial charge in [-0.1, -0.05) is 54.6 Å². The number of H-pyrrole nitrogens is 1. The summed E-state index contributed by atoms with van der Waals surface area (Å²) in [6.45, 7) is 0.532. The second-order valence-corrected chi connectivity index (χ2v) is 9.28. The Labute approximate surface area is 218 Å². The van der Waals surface area contributed by atoms with Gasteiger partial charge in [-0.3, -0.25) is 4.79 Å². The van der Waals surface area contributed by atoms with Crippen molar-refractivity contribution in [3.63, 3.8) is 0 Å². The number of ether oxygens (including phenoxy) is 2. The highest BCUT2D eigenvalue weighted by Crippen LogP contribution is 2.36. The molecule has 192 valence electrons. The highest BCUT2D eigenvalue weighted by Gasteiger charge is 2.30. The van der Waals surface area contributed by atoms with Gasteiger partial charge in [0, 0.05) is 23.3 Å². The van der Waals surface area contributed by atoms with E-state index in [2.05, 4.69) is 15.3 Å². The Morgan fingerprint density at radius 2 is 1.84 bits per heavy atom. The number of rotatable bonds is 8. The van der Waals surface area contributed by atoms with Gasteiger partial charge in [0.25, 0.3) is 5.91 Å². The van der Waals surface area contributed by atoms with Crippen LogP contribution < -0.4 is 5.32 Å². The summed E-state index contributed by atoms with van der Waals surface area (Å²) in [7, 11) is 0. The predicted octanol–water partition coefficient (Wildman–Crippen LogP) is 5.05. The molecule has 8 nitrogen and oxygen atoms in total. The Balaban J connectivity index is 1.21. The fraction of sp³-hybridized carbons (Fsp3) is 0.200. The van der Waals surface area contributed by atoms with E-state index in [9.17, 15) is 9.90 Å². The van der Waals surface area contributed by atoms with Gasteiger partial charge in [-0.05, 0) is 35.4 Å². The third-order valence-electron chi connectivity index (χ3n) is 6.69. The normalized spacial score (nSPS) is 17.3. The molecule has 3 heterocycles. The van der Waals surface area contributed by atoms with Crippen molar-refractivity contribution in [3.05, 3.63) is 113 Å². The van der Waals surface area contributed by atoms with Crippen molar-refractivity contribution < 1.29 is 23.8 Å². The molecule has 8 heteroatoms. The second kappa shape index (κ2) is 10.5. The van der Waals surface area contributed by atoms with Crippen LogP contribution in [0.1, 0.15) is 34.9 Å². The number of hydrogen-bond donors (Lipinski definition) is 3. The molecular weight excluding hydrogens is 482 g/mol. The molecule has 2 unspecified atom stereocenters. The molecule has 3 aromatic carbocycles. The standard InChI is InChI=1S/C30H27N3O5/c34-16-19-9-11-20(12-10-19)17-37-29-14-21(23-18-36-26-8-4-1-5-22(23)26)13-27(38-29)30(35)31-15-28-32-24-6-2-3-7-25(24)33-28/h1-13,18,21,29,34H,14-17H2,(H,31,35)(H,32,33). The smallest absolute Gasteiger partial charge is 0.286 e. The fourth-order valence-electron chi connectivity index (χ4n) is 4.69. The Morgan fingerprint density at radius 3 is 2.68 bits per heavy atom. The van der Waals surface area contributed by atoms with Crippen molar-refractivity contribution in [1.29, 1.82) is 0 Å². The van der Waals surface area contributed by atoms with Crippen LogP contribution in [0.15, 0.2) is 95.3 Å². The summed E-state index contributed by atoms with van der Waals surface area (Å²) < 4.78 is 17.9. The lowest BCUT2D eigenvalue weighted by Crippen LogP contribution is -2.32. The van der Waals surface area contributed by atoms with Crippen molar-refractivity contribution in [1.82, 2.24) is 15.3 Å². The number of para-hydroxylation sites is 3. The lowest BCUT2D eigenvalue weighted by atomic mass is 9.92. The van der Waals surface area contributed by atoms with Gasteiger partial charge in [0.15, 0.2) is 5.76 Å². The van der Waals surface area contributed by atoms with Crippen LogP contribution in [-0.4, -0.2) is 27.3 Å². The van der Waals surface area contributed by atoms with Crippen LogP contribution in [0.2, 0.25) is 0 Å². The Hall–Kier alpha value is -4.40. The number of fused-ring (bicyclic) bond motifs is 2. The molecule has 1 aliphatic heterocycles. The van der Waals surface area contributed by atoms with E-state index in [0.29, 0.717) is 18.9 Å². The number of aliphatic hydroxyl groups excluding tert-OH is 1. The van der Waals surface area contributed by atoms with Crippen LogP contribution in [0, 0.1) is 0 Å². The highest BCUT2D eigenvalue weighted by molar-refractivity contribution is 5.92. The first-order valence-corrected chi connectivity index (χ1v) is 12.5. The number of benzene rings is 3. The molecule has 2 aromatic heterocycles. The number of furan rings is 1. The molecule has 6 rings (SSSR count). The largest absolute Gasteiger partial charge is 0.464 e. The topological polar surface area (TPSA) is 110 Å². The van der Waals surface area contributed by atoms with E-state index in [-0.39, 0.29) is 30.7 Å². The SMILES string of the molecule is O=C(NCc1nc2ccccc2[nH]1)C1=CC(c2coc3ccccc23)CC(OCc2ccc(CO)cc2)O1. The van der Waals surface area contributed by atoms with Crippen molar-refractivity contribution in [3.8, 4) is 0 Å². The number of hydrogen-bond acceptors (Lipinski definition) is 6. The van der Waals surface area contributed by atoms with Crippen molar-refractivity contribution in [2.75, 3.05) is 0 Å². The molecule has 5 aromatic rings. The first-order chi connectivity index (χ1) is 18.7. The average Bonchev–Trinajstić information content (AvgIpc) is 3.59. The summed E-state index contributed by atoms with van der Waals surface area (Å²) in [6.07, 6.45) is 3.47. The number of carbonyl (C=O) groups excluding carboxylic acids is 1. The molecule has 0 saturated carbocycles. The van der Waals surface area contributed by atoms with Crippen molar-refractivity contribution in [2.24, 2.45) is 0 Å².